The normalized spacial score (nSPS) is 28.6. The van der Waals surface area contributed by atoms with Crippen LogP contribution >= 0.6 is 0 Å². The Labute approximate surface area is 339 Å². The molecule has 0 aromatic heterocycles. The first-order valence-electron chi connectivity index (χ1n) is 20.8. The molecule has 312 valence electrons. The van der Waals surface area contributed by atoms with Gasteiger partial charge in [-0.15, -0.1) is 0 Å². The van der Waals surface area contributed by atoms with Gasteiger partial charge in [0, 0.05) is 38.5 Å². The van der Waals surface area contributed by atoms with E-state index >= 15 is 0 Å². The highest BCUT2D eigenvalue weighted by Crippen LogP contribution is 2.36. The number of carboxylic acids is 2. The molecule has 5 aliphatic rings. The molecule has 3 fully saturated rings. The van der Waals surface area contributed by atoms with Crippen LogP contribution in [-0.2, 0) is 22.4 Å². The summed E-state index contributed by atoms with van der Waals surface area (Å²) in [5.74, 6) is -2.48. The molecule has 2 aliphatic carbocycles. The SMILES string of the molecule is NC[C@@H]1CC[C@@H](CC(=O)N[C@H]2Cc3cccc(C(=O)O)c3OB2O)C[C@H]1CNC1CN(C2CCC(CC(=O)N[C@H]3Cc4cccc(C(=O)O)c4OB3O)CC2)CCN1. The predicted molar refractivity (Wildman–Crippen MR) is 215 cm³/mol. The molecule has 1 saturated heterocycles. The van der Waals surface area contributed by atoms with Crippen LogP contribution in [0.15, 0.2) is 36.4 Å². The average molecular weight is 803 g/mol. The lowest BCUT2D eigenvalue weighted by Crippen LogP contribution is -2.60. The summed E-state index contributed by atoms with van der Waals surface area (Å²) in [4.78, 5) is 52.0. The highest BCUT2D eigenvalue weighted by Gasteiger charge is 2.40. The number of aromatic carboxylic acids is 2. The molecule has 0 spiro atoms. The average Bonchev–Trinajstić information content (AvgIpc) is 3.20. The molecule has 18 heteroatoms. The first kappa shape index (κ1) is 42.0. The van der Waals surface area contributed by atoms with Crippen molar-refractivity contribution in [1.82, 2.24) is 26.2 Å². The van der Waals surface area contributed by atoms with Gasteiger partial charge in [-0.3, -0.25) is 19.8 Å². The van der Waals surface area contributed by atoms with Gasteiger partial charge < -0.3 is 51.3 Å². The second-order valence-corrected chi connectivity index (χ2v) is 16.9. The van der Waals surface area contributed by atoms with Crippen LogP contribution in [0.5, 0.6) is 11.5 Å². The van der Waals surface area contributed by atoms with Crippen LogP contribution in [0.3, 0.4) is 0 Å². The standard InChI is InChI=1S/C40H56B2N6O10/c43-20-27-10-7-24(17-36(50)47-33-19-26-4-2-6-31(40(53)54)38(26)58-42(33)56)15-28(27)21-45-34-22-48(14-13-44-34)29-11-8-23(9-12-29)16-35(49)46-32-18-25-3-1-5-30(39(51)52)37(25)57-41(32)55/h1-6,23-24,27-29,32-34,44-45,55-56H,7-22,43H2,(H,46,49)(H,47,50)(H,51,52)(H,53,54)/t23?,24-,27+,28+,29?,32+,33+,34?/m1/s1. The first-order chi connectivity index (χ1) is 27.9. The van der Waals surface area contributed by atoms with Crippen LogP contribution in [0, 0.1) is 23.7 Å². The van der Waals surface area contributed by atoms with E-state index in [4.69, 9.17) is 15.0 Å². The van der Waals surface area contributed by atoms with E-state index in [1.54, 1.807) is 24.3 Å². The van der Waals surface area contributed by atoms with Crippen LogP contribution < -0.4 is 36.3 Å². The van der Waals surface area contributed by atoms with E-state index in [2.05, 4.69) is 26.2 Å². The fourth-order valence-corrected chi connectivity index (χ4v) is 9.91. The monoisotopic (exact) mass is 802 g/mol. The summed E-state index contributed by atoms with van der Waals surface area (Å²) in [5.41, 5.74) is 7.49. The van der Waals surface area contributed by atoms with E-state index in [0.717, 1.165) is 71.1 Å². The van der Waals surface area contributed by atoms with Gasteiger partial charge in [0.2, 0.25) is 11.8 Å². The maximum Gasteiger partial charge on any atom is 0.547 e. The van der Waals surface area contributed by atoms with Gasteiger partial charge in [0.1, 0.15) is 11.5 Å². The molecule has 6 atom stereocenters. The zero-order chi connectivity index (χ0) is 40.9. The van der Waals surface area contributed by atoms with E-state index in [1.165, 1.54) is 12.1 Å². The third-order valence-electron chi connectivity index (χ3n) is 13.1. The van der Waals surface area contributed by atoms with Crippen molar-refractivity contribution in [2.24, 2.45) is 29.4 Å². The smallest absolute Gasteiger partial charge is 0.534 e. The molecule has 1 unspecified atom stereocenters. The molecule has 2 aromatic rings. The quantitative estimate of drug-likeness (QED) is 0.127. The third-order valence-corrected chi connectivity index (χ3v) is 13.1. The van der Waals surface area contributed by atoms with Crippen LogP contribution in [-0.4, -0.2) is 120 Å². The van der Waals surface area contributed by atoms with Crippen LogP contribution in [0.1, 0.15) is 89.6 Å². The molecule has 2 amide bonds. The maximum absolute atomic E-state index is 13.2. The molecule has 3 heterocycles. The van der Waals surface area contributed by atoms with Crippen molar-refractivity contribution in [2.75, 3.05) is 32.7 Å². The zero-order valence-corrected chi connectivity index (χ0v) is 32.8. The van der Waals surface area contributed by atoms with E-state index < -0.39 is 38.1 Å². The number of piperazine rings is 1. The van der Waals surface area contributed by atoms with Gasteiger partial charge in [-0.2, -0.15) is 0 Å². The minimum atomic E-state index is -1.34. The molecule has 2 saturated carbocycles. The Bertz CT molecular complexity index is 1820. The van der Waals surface area contributed by atoms with E-state index in [-0.39, 0.29) is 58.9 Å². The number of para-hydroxylation sites is 2. The van der Waals surface area contributed by atoms with Gasteiger partial charge in [-0.25, -0.2) is 9.59 Å². The van der Waals surface area contributed by atoms with E-state index in [1.807, 2.05) is 0 Å². The van der Waals surface area contributed by atoms with Crippen molar-refractivity contribution in [2.45, 2.75) is 94.7 Å². The number of nitrogens with one attached hydrogen (secondary N) is 4. The number of nitrogens with zero attached hydrogens (tertiary/aromatic N) is 1. The minimum Gasteiger partial charge on any atom is -0.534 e. The van der Waals surface area contributed by atoms with Crippen molar-refractivity contribution >= 4 is 38.0 Å². The number of hydrogen-bond acceptors (Lipinski definition) is 12. The summed E-state index contributed by atoms with van der Waals surface area (Å²) in [6.07, 6.45) is 8.01. The number of benzene rings is 2. The van der Waals surface area contributed by atoms with Crippen molar-refractivity contribution in [1.29, 1.82) is 0 Å². The predicted octanol–water partition coefficient (Wildman–Crippen LogP) is 0.813. The van der Waals surface area contributed by atoms with Gasteiger partial charge in [-0.05, 0) is 118 Å². The number of rotatable bonds is 13. The van der Waals surface area contributed by atoms with Crippen molar-refractivity contribution in [3.63, 3.8) is 0 Å². The Kier molecular flexibility index (Phi) is 13.6. The molecular formula is C40H56B2N6O10. The van der Waals surface area contributed by atoms with Crippen molar-refractivity contribution in [3.8, 4) is 11.5 Å². The van der Waals surface area contributed by atoms with Crippen LogP contribution in [0.2, 0.25) is 0 Å². The lowest BCUT2D eigenvalue weighted by Gasteiger charge is -2.43. The topological polar surface area (TPSA) is 245 Å². The number of carbonyl (C=O) groups excluding carboxylic acids is 2. The molecular weight excluding hydrogens is 746 g/mol. The molecule has 58 heavy (non-hydrogen) atoms. The van der Waals surface area contributed by atoms with Crippen molar-refractivity contribution in [3.05, 3.63) is 58.7 Å². The van der Waals surface area contributed by atoms with E-state index in [0.29, 0.717) is 54.8 Å². The zero-order valence-electron chi connectivity index (χ0n) is 32.8. The summed E-state index contributed by atoms with van der Waals surface area (Å²) < 4.78 is 11.1. The highest BCUT2D eigenvalue weighted by atomic mass is 16.5. The summed E-state index contributed by atoms with van der Waals surface area (Å²) >= 11 is 0. The minimum absolute atomic E-state index is 0.00828. The Morgan fingerprint density at radius 3 is 1.88 bits per heavy atom. The number of carbonyl (C=O) groups is 4. The summed E-state index contributed by atoms with van der Waals surface area (Å²) in [7, 11) is -2.67. The molecule has 10 N–H and O–H groups in total. The Hall–Kier alpha value is -4.19. The lowest BCUT2D eigenvalue weighted by atomic mass is 9.71. The lowest BCUT2D eigenvalue weighted by molar-refractivity contribution is -0.123. The molecule has 16 nitrogen and oxygen atoms in total. The Balaban J connectivity index is 0.829. The van der Waals surface area contributed by atoms with Gasteiger partial charge in [0.15, 0.2) is 0 Å². The molecule has 3 aliphatic heterocycles. The fourth-order valence-electron chi connectivity index (χ4n) is 9.91. The first-order valence-corrected chi connectivity index (χ1v) is 20.8. The van der Waals surface area contributed by atoms with Crippen LogP contribution in [0.25, 0.3) is 0 Å². The second kappa shape index (κ2) is 18.8. The number of nitrogens with two attached hydrogens (primary N) is 1. The largest absolute Gasteiger partial charge is 0.547 e. The molecule has 2 aromatic carbocycles. The number of fused-ring (bicyclic) bond motifs is 2. The number of amides is 2. The maximum atomic E-state index is 13.2. The van der Waals surface area contributed by atoms with Gasteiger partial charge in [-0.1, -0.05) is 24.3 Å². The molecule has 7 rings (SSSR count). The summed E-state index contributed by atoms with van der Waals surface area (Å²) in [6, 6.07) is 10.1. The Morgan fingerprint density at radius 1 is 0.776 bits per heavy atom. The summed E-state index contributed by atoms with van der Waals surface area (Å²) in [5, 5.41) is 53.4. The van der Waals surface area contributed by atoms with Gasteiger partial charge in [0.05, 0.1) is 29.2 Å². The van der Waals surface area contributed by atoms with Crippen molar-refractivity contribution < 1.29 is 48.7 Å². The molecule has 0 radical (unpaired) electrons. The van der Waals surface area contributed by atoms with Gasteiger partial charge >= 0.3 is 26.2 Å². The highest BCUT2D eigenvalue weighted by molar-refractivity contribution is 6.47. The molecule has 0 bridgehead atoms. The van der Waals surface area contributed by atoms with Crippen LogP contribution in [0.4, 0.5) is 0 Å². The fraction of sp³-hybridized carbons (Fsp3) is 0.600. The number of carboxylic acid groups (broad SMARTS) is 2. The third kappa shape index (κ3) is 9.97. The number of hydrogen-bond donors (Lipinski definition) is 9. The van der Waals surface area contributed by atoms with E-state index in [9.17, 15) is 39.4 Å². The van der Waals surface area contributed by atoms with Gasteiger partial charge in [0.25, 0.3) is 0 Å². The Morgan fingerprint density at radius 2 is 1.33 bits per heavy atom. The summed E-state index contributed by atoms with van der Waals surface area (Å²) in [6.45, 7) is 4.08. The second-order valence-electron chi connectivity index (χ2n) is 16.9.